The second-order valence-corrected chi connectivity index (χ2v) is 5.78. The monoisotopic (exact) mass is 317 g/mol. The van der Waals surface area contributed by atoms with Crippen LogP contribution in [0.2, 0.25) is 0 Å². The van der Waals surface area contributed by atoms with Gasteiger partial charge in [-0.1, -0.05) is 18.3 Å². The van der Waals surface area contributed by atoms with Gasteiger partial charge >= 0.3 is 0 Å². The SMILES string of the molecule is CCCOc1ccc(/C=N\Nc2nc(C)c(C(C)=O)s2)cc1. The number of hydrazone groups is 1. The van der Waals surface area contributed by atoms with E-state index in [1.807, 2.05) is 31.2 Å². The molecule has 6 heteroatoms. The molecule has 116 valence electrons. The summed E-state index contributed by atoms with van der Waals surface area (Å²) in [5.74, 6) is 0.878. The molecule has 1 aromatic heterocycles. The fraction of sp³-hybridized carbons (Fsp3) is 0.312. The van der Waals surface area contributed by atoms with Gasteiger partial charge < -0.3 is 4.74 Å². The van der Waals surface area contributed by atoms with Crippen LogP contribution in [0.3, 0.4) is 0 Å². The predicted molar refractivity (Wildman–Crippen MR) is 90.3 cm³/mol. The van der Waals surface area contributed by atoms with Crippen LogP contribution >= 0.6 is 11.3 Å². The zero-order valence-corrected chi connectivity index (χ0v) is 13.7. The van der Waals surface area contributed by atoms with Crippen molar-refractivity contribution in [2.45, 2.75) is 27.2 Å². The van der Waals surface area contributed by atoms with Crippen molar-refractivity contribution in [3.8, 4) is 5.75 Å². The van der Waals surface area contributed by atoms with Gasteiger partial charge in [0, 0.05) is 6.92 Å². The number of thiazole rings is 1. The molecule has 0 amide bonds. The first-order valence-corrected chi connectivity index (χ1v) is 7.92. The Morgan fingerprint density at radius 3 is 2.73 bits per heavy atom. The van der Waals surface area contributed by atoms with Gasteiger partial charge in [-0.2, -0.15) is 5.10 Å². The van der Waals surface area contributed by atoms with E-state index >= 15 is 0 Å². The maximum atomic E-state index is 11.4. The van der Waals surface area contributed by atoms with Crippen molar-refractivity contribution in [2.24, 2.45) is 5.10 Å². The summed E-state index contributed by atoms with van der Waals surface area (Å²) in [5, 5.41) is 4.75. The molecule has 5 nitrogen and oxygen atoms in total. The zero-order chi connectivity index (χ0) is 15.9. The van der Waals surface area contributed by atoms with Crippen molar-refractivity contribution in [1.82, 2.24) is 4.98 Å². The topological polar surface area (TPSA) is 63.6 Å². The smallest absolute Gasteiger partial charge is 0.204 e. The highest BCUT2D eigenvalue weighted by Crippen LogP contribution is 2.22. The third-order valence-electron chi connectivity index (χ3n) is 2.84. The molecule has 0 saturated carbocycles. The molecule has 0 atom stereocenters. The van der Waals surface area contributed by atoms with Gasteiger partial charge in [-0.05, 0) is 43.2 Å². The van der Waals surface area contributed by atoms with Crippen LogP contribution in [0.15, 0.2) is 29.4 Å². The summed E-state index contributed by atoms with van der Waals surface area (Å²) in [6.45, 7) is 6.15. The molecule has 0 unspecified atom stereocenters. The molecule has 0 saturated heterocycles. The highest BCUT2D eigenvalue weighted by atomic mass is 32.1. The van der Waals surface area contributed by atoms with Gasteiger partial charge in [-0.25, -0.2) is 4.98 Å². The molecule has 0 radical (unpaired) electrons. The third kappa shape index (κ3) is 4.39. The second kappa shape index (κ2) is 7.70. The molecular weight excluding hydrogens is 298 g/mol. The van der Waals surface area contributed by atoms with Crippen molar-refractivity contribution in [2.75, 3.05) is 12.0 Å². The molecule has 2 rings (SSSR count). The number of rotatable bonds is 7. The molecular formula is C16H19N3O2S. The van der Waals surface area contributed by atoms with Gasteiger partial charge in [0.05, 0.1) is 23.4 Å². The van der Waals surface area contributed by atoms with E-state index in [-0.39, 0.29) is 5.78 Å². The average Bonchev–Trinajstić information content (AvgIpc) is 2.87. The Morgan fingerprint density at radius 2 is 2.14 bits per heavy atom. The fourth-order valence-electron chi connectivity index (χ4n) is 1.80. The number of aromatic nitrogens is 1. The lowest BCUT2D eigenvalue weighted by Gasteiger charge is -2.03. The molecule has 0 fully saturated rings. The van der Waals surface area contributed by atoms with Crippen molar-refractivity contribution in [3.63, 3.8) is 0 Å². The molecule has 2 aromatic rings. The van der Waals surface area contributed by atoms with Gasteiger partial charge in [0.1, 0.15) is 5.75 Å². The van der Waals surface area contributed by atoms with Crippen LogP contribution in [0.5, 0.6) is 5.75 Å². The van der Waals surface area contributed by atoms with Crippen molar-refractivity contribution < 1.29 is 9.53 Å². The number of nitrogens with zero attached hydrogens (tertiary/aromatic N) is 2. The van der Waals surface area contributed by atoms with Gasteiger partial charge in [0.15, 0.2) is 5.78 Å². The van der Waals surface area contributed by atoms with Crippen LogP contribution in [-0.4, -0.2) is 23.6 Å². The van der Waals surface area contributed by atoms with E-state index in [1.54, 1.807) is 6.21 Å². The van der Waals surface area contributed by atoms with E-state index in [0.717, 1.165) is 30.0 Å². The Labute approximate surface area is 134 Å². The number of ketones is 1. The molecule has 0 aliphatic heterocycles. The number of hydrogen-bond acceptors (Lipinski definition) is 6. The van der Waals surface area contributed by atoms with E-state index < -0.39 is 0 Å². The van der Waals surface area contributed by atoms with Crippen LogP contribution < -0.4 is 10.2 Å². The lowest BCUT2D eigenvalue weighted by Crippen LogP contribution is -1.95. The largest absolute Gasteiger partial charge is 0.494 e. The third-order valence-corrected chi connectivity index (χ3v) is 4.01. The summed E-state index contributed by atoms with van der Waals surface area (Å²) in [6, 6.07) is 7.70. The molecule has 1 aromatic carbocycles. The highest BCUT2D eigenvalue weighted by molar-refractivity contribution is 7.17. The summed E-state index contributed by atoms with van der Waals surface area (Å²) < 4.78 is 5.52. The molecule has 0 aliphatic carbocycles. The van der Waals surface area contributed by atoms with E-state index in [9.17, 15) is 4.79 Å². The second-order valence-electron chi connectivity index (χ2n) is 4.78. The molecule has 0 spiro atoms. The van der Waals surface area contributed by atoms with Crippen molar-refractivity contribution >= 4 is 28.5 Å². The number of Topliss-reactive ketones (excluding diaryl/α,β-unsaturated/α-hetero) is 1. The molecule has 0 bridgehead atoms. The standard InChI is InChI=1S/C16H19N3O2S/c1-4-9-21-14-7-5-13(6-8-14)10-17-19-16-18-11(2)15(22-16)12(3)20/h5-8,10H,4,9H2,1-3H3,(H,18,19)/b17-10-. The minimum atomic E-state index is 0.0229. The number of carbonyl (C=O) groups is 1. The Bertz CT molecular complexity index is 663. The molecule has 1 N–H and O–H groups in total. The fourth-order valence-corrected chi connectivity index (χ4v) is 2.61. The minimum absolute atomic E-state index is 0.0229. The lowest BCUT2D eigenvalue weighted by molar-refractivity contribution is 0.102. The summed E-state index contributed by atoms with van der Waals surface area (Å²) in [7, 11) is 0. The normalized spacial score (nSPS) is 10.9. The van der Waals surface area contributed by atoms with E-state index in [0.29, 0.717) is 10.0 Å². The molecule has 1 heterocycles. The number of aryl methyl sites for hydroxylation is 1. The van der Waals surface area contributed by atoms with Gasteiger partial charge in [0.25, 0.3) is 0 Å². The zero-order valence-electron chi connectivity index (χ0n) is 12.9. The van der Waals surface area contributed by atoms with Crippen molar-refractivity contribution in [3.05, 3.63) is 40.4 Å². The van der Waals surface area contributed by atoms with Gasteiger partial charge in [0.2, 0.25) is 5.13 Å². The summed E-state index contributed by atoms with van der Waals surface area (Å²) in [6.07, 6.45) is 2.69. The van der Waals surface area contributed by atoms with Crippen LogP contribution in [-0.2, 0) is 0 Å². The number of hydrogen-bond donors (Lipinski definition) is 1. The number of benzene rings is 1. The highest BCUT2D eigenvalue weighted by Gasteiger charge is 2.10. The maximum absolute atomic E-state index is 11.4. The Morgan fingerprint density at radius 1 is 1.41 bits per heavy atom. The van der Waals surface area contributed by atoms with Crippen LogP contribution in [0.1, 0.15) is 41.2 Å². The van der Waals surface area contributed by atoms with E-state index in [1.165, 1.54) is 18.3 Å². The van der Waals surface area contributed by atoms with Crippen LogP contribution in [0.4, 0.5) is 5.13 Å². The predicted octanol–water partition coefficient (Wildman–Crippen LogP) is 3.89. The number of ether oxygens (including phenoxy) is 1. The quantitative estimate of drug-likeness (QED) is 0.478. The molecule has 0 aliphatic rings. The summed E-state index contributed by atoms with van der Waals surface area (Å²) in [4.78, 5) is 16.3. The summed E-state index contributed by atoms with van der Waals surface area (Å²) >= 11 is 1.31. The Balaban J connectivity index is 1.94. The first-order valence-electron chi connectivity index (χ1n) is 7.10. The first kappa shape index (κ1) is 16.2. The van der Waals surface area contributed by atoms with Crippen molar-refractivity contribution in [1.29, 1.82) is 0 Å². The Hall–Kier alpha value is -2.21. The summed E-state index contributed by atoms with van der Waals surface area (Å²) in [5.41, 5.74) is 4.54. The number of carbonyl (C=O) groups excluding carboxylic acids is 1. The number of nitrogens with one attached hydrogen (secondary N) is 1. The minimum Gasteiger partial charge on any atom is -0.494 e. The lowest BCUT2D eigenvalue weighted by atomic mass is 10.2. The Kier molecular flexibility index (Phi) is 5.66. The number of anilines is 1. The average molecular weight is 317 g/mol. The van der Waals surface area contributed by atoms with Gasteiger partial charge in [-0.3, -0.25) is 10.2 Å². The van der Waals surface area contributed by atoms with Gasteiger partial charge in [-0.15, -0.1) is 0 Å². The van der Waals surface area contributed by atoms with E-state index in [2.05, 4.69) is 22.4 Å². The molecule has 22 heavy (non-hydrogen) atoms. The first-order chi connectivity index (χ1) is 10.6. The maximum Gasteiger partial charge on any atom is 0.204 e. The van der Waals surface area contributed by atoms with E-state index in [4.69, 9.17) is 4.74 Å². The van der Waals surface area contributed by atoms with Crippen LogP contribution in [0.25, 0.3) is 0 Å². The van der Waals surface area contributed by atoms with Crippen LogP contribution in [0, 0.1) is 6.92 Å².